The molecule has 0 bridgehead atoms. The Hall–Kier alpha value is -3.77. The Kier molecular flexibility index (Phi) is 5.06. The van der Waals surface area contributed by atoms with Crippen LogP contribution in [0.25, 0.3) is 16.9 Å². The van der Waals surface area contributed by atoms with Gasteiger partial charge in [-0.15, -0.1) is 0 Å². The molecule has 4 aromatic rings. The van der Waals surface area contributed by atoms with E-state index in [-0.39, 0.29) is 12.7 Å². The second kappa shape index (κ2) is 8.16. The highest BCUT2D eigenvalue weighted by molar-refractivity contribution is 6.32. The van der Waals surface area contributed by atoms with Crippen LogP contribution in [0.4, 0.5) is 0 Å². The number of para-hydroxylation sites is 1. The molecule has 0 unspecified atom stereocenters. The van der Waals surface area contributed by atoms with Crippen LogP contribution in [-0.4, -0.2) is 22.5 Å². The van der Waals surface area contributed by atoms with Crippen molar-refractivity contribution in [1.82, 2.24) is 15.1 Å². The molecule has 1 amide bonds. The van der Waals surface area contributed by atoms with Crippen LogP contribution in [0, 0.1) is 0 Å². The van der Waals surface area contributed by atoms with Gasteiger partial charge >= 0.3 is 0 Å². The Morgan fingerprint density at radius 1 is 0.968 bits per heavy atom. The Balaban J connectivity index is 1.46. The lowest BCUT2D eigenvalue weighted by molar-refractivity contribution is 0.0943. The molecule has 1 N–H and O–H groups in total. The molecule has 0 fully saturated rings. The molecule has 154 valence electrons. The SMILES string of the molecule is O=C(NCc1ccc2c(c1)OCO2)c1cc(-c2ccccc2)nn1-c1ccccc1Cl. The first kappa shape index (κ1) is 19.2. The highest BCUT2D eigenvalue weighted by atomic mass is 35.5. The molecule has 1 aliphatic rings. The fraction of sp³-hybridized carbons (Fsp3) is 0.0833. The molecular formula is C24H18ClN3O3. The van der Waals surface area contributed by atoms with Crippen molar-refractivity contribution in [2.75, 3.05) is 6.79 Å². The minimum atomic E-state index is -0.257. The Morgan fingerprint density at radius 3 is 2.58 bits per heavy atom. The number of nitrogens with zero attached hydrogens (tertiary/aromatic N) is 2. The zero-order chi connectivity index (χ0) is 21.2. The normalized spacial score (nSPS) is 12.0. The predicted molar refractivity (Wildman–Crippen MR) is 118 cm³/mol. The van der Waals surface area contributed by atoms with Gasteiger partial charge in [-0.2, -0.15) is 5.10 Å². The maximum atomic E-state index is 13.1. The molecule has 1 aliphatic heterocycles. The monoisotopic (exact) mass is 431 g/mol. The molecule has 0 atom stereocenters. The first-order valence-corrected chi connectivity index (χ1v) is 10.1. The molecule has 6 nitrogen and oxygen atoms in total. The standard InChI is InChI=1S/C24H18ClN3O3/c25-18-8-4-5-9-20(18)28-21(13-19(27-28)17-6-2-1-3-7-17)24(29)26-14-16-10-11-22-23(12-16)31-15-30-22/h1-13H,14-15H2,(H,26,29). The zero-order valence-electron chi connectivity index (χ0n) is 16.4. The van der Waals surface area contributed by atoms with Gasteiger partial charge in [0.25, 0.3) is 5.91 Å². The summed E-state index contributed by atoms with van der Waals surface area (Å²) in [6.45, 7) is 0.550. The zero-order valence-corrected chi connectivity index (χ0v) is 17.2. The number of fused-ring (bicyclic) bond motifs is 1. The van der Waals surface area contributed by atoms with E-state index in [2.05, 4.69) is 10.4 Å². The van der Waals surface area contributed by atoms with Crippen molar-refractivity contribution in [3.8, 4) is 28.4 Å². The minimum absolute atomic E-state index is 0.213. The molecule has 1 aromatic heterocycles. The third-order valence-electron chi connectivity index (χ3n) is 4.98. The van der Waals surface area contributed by atoms with Gasteiger partial charge in [0, 0.05) is 12.1 Å². The fourth-order valence-electron chi connectivity index (χ4n) is 3.42. The third kappa shape index (κ3) is 3.85. The number of ether oxygens (including phenoxy) is 2. The topological polar surface area (TPSA) is 65.4 Å². The fourth-order valence-corrected chi connectivity index (χ4v) is 3.64. The van der Waals surface area contributed by atoms with Crippen LogP contribution in [0.2, 0.25) is 5.02 Å². The van der Waals surface area contributed by atoms with Gasteiger partial charge in [0.2, 0.25) is 6.79 Å². The average Bonchev–Trinajstić information content (AvgIpc) is 3.45. The van der Waals surface area contributed by atoms with Gasteiger partial charge in [-0.1, -0.05) is 60.1 Å². The maximum absolute atomic E-state index is 13.1. The van der Waals surface area contributed by atoms with Crippen molar-refractivity contribution < 1.29 is 14.3 Å². The number of hydrogen-bond donors (Lipinski definition) is 1. The Morgan fingerprint density at radius 2 is 1.74 bits per heavy atom. The van der Waals surface area contributed by atoms with E-state index in [0.29, 0.717) is 40.1 Å². The van der Waals surface area contributed by atoms with Crippen molar-refractivity contribution in [1.29, 1.82) is 0 Å². The van der Waals surface area contributed by atoms with Gasteiger partial charge < -0.3 is 14.8 Å². The van der Waals surface area contributed by atoms with E-state index in [1.165, 1.54) is 0 Å². The van der Waals surface area contributed by atoms with Gasteiger partial charge in [0.05, 0.1) is 16.4 Å². The summed E-state index contributed by atoms with van der Waals surface area (Å²) in [7, 11) is 0. The summed E-state index contributed by atoms with van der Waals surface area (Å²) in [5, 5.41) is 8.14. The summed E-state index contributed by atoms with van der Waals surface area (Å²) in [4.78, 5) is 13.1. The van der Waals surface area contributed by atoms with E-state index in [1.807, 2.05) is 66.7 Å². The molecule has 0 spiro atoms. The van der Waals surface area contributed by atoms with E-state index in [1.54, 1.807) is 16.8 Å². The van der Waals surface area contributed by atoms with Crippen molar-refractivity contribution in [2.45, 2.75) is 6.54 Å². The van der Waals surface area contributed by atoms with Gasteiger partial charge in [0.1, 0.15) is 5.69 Å². The molecule has 0 radical (unpaired) electrons. The molecule has 3 aromatic carbocycles. The van der Waals surface area contributed by atoms with Gasteiger partial charge in [-0.05, 0) is 35.9 Å². The number of aromatic nitrogens is 2. The largest absolute Gasteiger partial charge is 0.454 e. The number of halogens is 1. The van der Waals surface area contributed by atoms with E-state index in [9.17, 15) is 4.79 Å². The molecule has 2 heterocycles. The van der Waals surface area contributed by atoms with Crippen molar-refractivity contribution in [3.05, 3.63) is 95.1 Å². The quantitative estimate of drug-likeness (QED) is 0.490. The molecule has 7 heteroatoms. The molecule has 0 saturated heterocycles. The second-order valence-corrected chi connectivity index (χ2v) is 7.42. The van der Waals surface area contributed by atoms with Crippen LogP contribution >= 0.6 is 11.6 Å². The third-order valence-corrected chi connectivity index (χ3v) is 5.30. The molecular weight excluding hydrogens is 414 g/mol. The maximum Gasteiger partial charge on any atom is 0.270 e. The van der Waals surface area contributed by atoms with E-state index in [4.69, 9.17) is 21.1 Å². The summed E-state index contributed by atoms with van der Waals surface area (Å²) in [6, 6.07) is 24.4. The second-order valence-electron chi connectivity index (χ2n) is 7.01. The highest BCUT2D eigenvalue weighted by Gasteiger charge is 2.19. The summed E-state index contributed by atoms with van der Waals surface area (Å²) >= 11 is 6.40. The van der Waals surface area contributed by atoms with Crippen LogP contribution in [0.3, 0.4) is 0 Å². The van der Waals surface area contributed by atoms with Crippen molar-refractivity contribution in [2.24, 2.45) is 0 Å². The molecule has 0 aliphatic carbocycles. The first-order valence-electron chi connectivity index (χ1n) is 9.76. The number of nitrogens with one attached hydrogen (secondary N) is 1. The van der Waals surface area contributed by atoms with E-state index in [0.717, 1.165) is 11.1 Å². The number of hydrogen-bond acceptors (Lipinski definition) is 4. The Labute approximate surface area is 184 Å². The summed E-state index contributed by atoms with van der Waals surface area (Å²) in [5.74, 6) is 1.13. The van der Waals surface area contributed by atoms with Crippen LogP contribution in [0.1, 0.15) is 16.1 Å². The smallest absolute Gasteiger partial charge is 0.270 e. The van der Waals surface area contributed by atoms with Crippen molar-refractivity contribution >= 4 is 17.5 Å². The van der Waals surface area contributed by atoms with E-state index >= 15 is 0 Å². The number of rotatable bonds is 5. The lowest BCUT2D eigenvalue weighted by Gasteiger charge is -2.10. The molecule has 5 rings (SSSR count). The summed E-state index contributed by atoms with van der Waals surface area (Å²) < 4.78 is 12.3. The van der Waals surface area contributed by atoms with Gasteiger partial charge in [0.15, 0.2) is 11.5 Å². The van der Waals surface area contributed by atoms with Crippen molar-refractivity contribution in [3.63, 3.8) is 0 Å². The summed E-state index contributed by atoms with van der Waals surface area (Å²) in [5.41, 5.74) is 3.55. The average molecular weight is 432 g/mol. The van der Waals surface area contributed by atoms with Crippen LogP contribution < -0.4 is 14.8 Å². The number of carbonyl (C=O) groups excluding carboxylic acids is 1. The number of amides is 1. The van der Waals surface area contributed by atoms with Crippen LogP contribution in [0.5, 0.6) is 11.5 Å². The van der Waals surface area contributed by atoms with E-state index < -0.39 is 0 Å². The lowest BCUT2D eigenvalue weighted by atomic mass is 10.1. The van der Waals surface area contributed by atoms with Gasteiger partial charge in [-0.25, -0.2) is 4.68 Å². The predicted octanol–water partition coefficient (Wildman–Crippen LogP) is 4.85. The first-order chi connectivity index (χ1) is 15.2. The Bertz CT molecular complexity index is 1250. The van der Waals surface area contributed by atoms with Crippen LogP contribution in [-0.2, 0) is 6.54 Å². The number of benzene rings is 3. The highest BCUT2D eigenvalue weighted by Crippen LogP contribution is 2.32. The lowest BCUT2D eigenvalue weighted by Crippen LogP contribution is -2.25. The molecule has 0 saturated carbocycles. The van der Waals surface area contributed by atoms with Crippen LogP contribution in [0.15, 0.2) is 78.9 Å². The number of carbonyl (C=O) groups is 1. The molecule has 31 heavy (non-hydrogen) atoms. The minimum Gasteiger partial charge on any atom is -0.454 e. The van der Waals surface area contributed by atoms with Gasteiger partial charge in [-0.3, -0.25) is 4.79 Å². The summed E-state index contributed by atoms with van der Waals surface area (Å²) in [6.07, 6.45) is 0.